The van der Waals surface area contributed by atoms with Crippen LogP contribution in [0, 0.1) is 5.41 Å². The quantitative estimate of drug-likeness (QED) is 0.228. The van der Waals surface area contributed by atoms with Crippen molar-refractivity contribution in [2.24, 2.45) is 0 Å². The van der Waals surface area contributed by atoms with Gasteiger partial charge in [-0.15, -0.1) is 22.0 Å². The van der Waals surface area contributed by atoms with Crippen LogP contribution in [0.5, 0.6) is 0 Å². The lowest BCUT2D eigenvalue weighted by Gasteiger charge is -2.15. The zero-order chi connectivity index (χ0) is 26.5. The number of carbonyl (C=O) groups is 1. The maximum Gasteiger partial charge on any atom is 0.418 e. The minimum atomic E-state index is -4.70. The van der Waals surface area contributed by atoms with Crippen LogP contribution in [0.4, 0.5) is 18.9 Å². The van der Waals surface area contributed by atoms with Crippen LogP contribution in [0.1, 0.15) is 11.5 Å². The second-order valence-corrected chi connectivity index (χ2v) is 10.0. The van der Waals surface area contributed by atoms with E-state index in [-0.39, 0.29) is 39.6 Å². The van der Waals surface area contributed by atoms with Crippen molar-refractivity contribution >= 4 is 44.7 Å². The average molecular weight is 541 g/mol. The van der Waals surface area contributed by atoms with Crippen LogP contribution >= 0.6 is 11.8 Å². The van der Waals surface area contributed by atoms with E-state index < -0.39 is 33.3 Å². The zero-order valence-corrected chi connectivity index (χ0v) is 20.4. The van der Waals surface area contributed by atoms with Crippen LogP contribution in [0.15, 0.2) is 63.9 Å². The van der Waals surface area contributed by atoms with Crippen LogP contribution in [0.3, 0.4) is 0 Å². The van der Waals surface area contributed by atoms with Gasteiger partial charge in [-0.1, -0.05) is 18.2 Å². The molecule has 0 saturated carbocycles. The van der Waals surface area contributed by atoms with E-state index in [9.17, 15) is 26.4 Å². The van der Waals surface area contributed by atoms with Crippen LogP contribution in [-0.4, -0.2) is 48.7 Å². The molecule has 0 bridgehead atoms. The summed E-state index contributed by atoms with van der Waals surface area (Å²) in [5.74, 6) is -1.54. The summed E-state index contributed by atoms with van der Waals surface area (Å²) in [5, 5.41) is 18.1. The highest BCUT2D eigenvalue weighted by Crippen LogP contribution is 2.36. The molecule has 1 aromatic heterocycles. The Hall–Kier alpha value is -3.65. The smallest absolute Gasteiger partial charge is 0.418 e. The van der Waals surface area contributed by atoms with Gasteiger partial charge >= 0.3 is 12.1 Å². The molecule has 0 spiro atoms. The van der Waals surface area contributed by atoms with Crippen molar-refractivity contribution in [1.29, 1.82) is 5.41 Å². The summed E-state index contributed by atoms with van der Waals surface area (Å²) in [4.78, 5) is 12.1. The van der Waals surface area contributed by atoms with Crippen molar-refractivity contribution in [1.82, 2.24) is 10.2 Å². The maximum atomic E-state index is 13.5. The molecule has 3 aromatic rings. The second-order valence-electron chi connectivity index (χ2n) is 7.19. The van der Waals surface area contributed by atoms with Crippen LogP contribution < -0.4 is 5.32 Å². The number of anilines is 1. The fourth-order valence-electron chi connectivity index (χ4n) is 2.84. The number of benzene rings is 2. The van der Waals surface area contributed by atoms with Gasteiger partial charge in [-0.25, -0.2) is 13.2 Å². The van der Waals surface area contributed by atoms with Crippen LogP contribution in [0.2, 0.25) is 0 Å². The Kier molecular flexibility index (Phi) is 8.20. The molecule has 2 aromatic carbocycles. The third-order valence-corrected chi connectivity index (χ3v) is 5.95. The molecule has 0 aliphatic heterocycles. The van der Waals surface area contributed by atoms with Gasteiger partial charge in [-0.2, -0.15) is 13.2 Å². The molecule has 2 N–H and O–H groups in total. The number of hydrogen-bond acceptors (Lipinski definition) is 10. The molecule has 0 aliphatic carbocycles. The van der Waals surface area contributed by atoms with Crippen LogP contribution in [-0.2, 0) is 25.5 Å². The summed E-state index contributed by atoms with van der Waals surface area (Å²) >= 11 is 1.19. The van der Waals surface area contributed by atoms with E-state index in [1.54, 1.807) is 6.26 Å². The summed E-state index contributed by atoms with van der Waals surface area (Å²) in [7, 11) is -3.54. The van der Waals surface area contributed by atoms with E-state index in [2.05, 4.69) is 15.5 Å². The Morgan fingerprint density at radius 3 is 2.58 bits per heavy atom. The van der Waals surface area contributed by atoms with Gasteiger partial charge in [-0.05, 0) is 42.7 Å². The van der Waals surface area contributed by atoms with Gasteiger partial charge in [0.2, 0.25) is 5.89 Å². The van der Waals surface area contributed by atoms with Gasteiger partial charge < -0.3 is 14.5 Å². The summed E-state index contributed by atoms with van der Waals surface area (Å²) in [6.07, 6.45) is -1.10. The second kappa shape index (κ2) is 11.0. The molecule has 9 nitrogen and oxygen atoms in total. The number of carbonyl (C=O) groups excluding carboxylic acids is 1. The van der Waals surface area contributed by atoms with E-state index in [0.717, 1.165) is 24.5 Å². The number of alkyl halides is 3. The minimum Gasteiger partial charge on any atom is -0.450 e. The number of rotatable bonds is 9. The molecule has 36 heavy (non-hydrogen) atoms. The highest BCUT2D eigenvalue weighted by molar-refractivity contribution is 7.98. The molecule has 0 unspecified atom stereocenters. The highest BCUT2D eigenvalue weighted by atomic mass is 32.2. The summed E-state index contributed by atoms with van der Waals surface area (Å²) in [5.41, 5.74) is -2.12. The Morgan fingerprint density at radius 2 is 1.92 bits per heavy atom. The predicted octanol–water partition coefficient (Wildman–Crippen LogP) is 4.50. The number of ether oxygens (including phenoxy) is 1. The minimum absolute atomic E-state index is 0.00828. The van der Waals surface area contributed by atoms with E-state index in [4.69, 9.17) is 14.6 Å². The van der Waals surface area contributed by atoms with E-state index in [1.165, 1.54) is 48.2 Å². The van der Waals surface area contributed by atoms with Crippen molar-refractivity contribution in [3.8, 4) is 11.5 Å². The Balaban J connectivity index is 2.05. The summed E-state index contributed by atoms with van der Waals surface area (Å²) < 4.78 is 74.7. The number of hydrogen-bond donors (Lipinski definition) is 2. The van der Waals surface area contributed by atoms with Crippen molar-refractivity contribution in [3.63, 3.8) is 0 Å². The van der Waals surface area contributed by atoms with E-state index >= 15 is 0 Å². The molecule has 14 heteroatoms. The third-order valence-electron chi connectivity index (χ3n) is 4.48. The van der Waals surface area contributed by atoms with E-state index in [0.29, 0.717) is 0 Å². The number of halogens is 3. The maximum absolute atomic E-state index is 13.5. The Morgan fingerprint density at radius 1 is 1.19 bits per heavy atom. The fourth-order valence-corrected chi connectivity index (χ4v) is 3.73. The number of aromatic nitrogens is 2. The Labute approximate surface area is 208 Å². The molecule has 0 fully saturated rings. The first-order valence-corrected chi connectivity index (χ1v) is 13.2. The Bertz CT molecular complexity index is 1420. The molecular weight excluding hydrogens is 521 g/mol. The number of sulfone groups is 1. The van der Waals surface area contributed by atoms with Gasteiger partial charge in [0, 0.05) is 11.8 Å². The highest BCUT2D eigenvalue weighted by Gasteiger charge is 2.33. The average Bonchev–Trinajstić information content (AvgIpc) is 3.31. The van der Waals surface area contributed by atoms with Crippen molar-refractivity contribution in [2.45, 2.75) is 11.1 Å². The molecule has 3 rings (SSSR count). The molecule has 0 amide bonds. The lowest BCUT2D eigenvalue weighted by Crippen LogP contribution is -2.16. The van der Waals surface area contributed by atoms with Gasteiger partial charge in [0.05, 0.1) is 16.1 Å². The van der Waals surface area contributed by atoms with Gasteiger partial charge in [-0.3, -0.25) is 5.41 Å². The van der Waals surface area contributed by atoms with Gasteiger partial charge in [0.15, 0.2) is 9.84 Å². The number of esters is 1. The molecular formula is C22H19F3N4O5S2. The number of para-hydroxylation sites is 1. The monoisotopic (exact) mass is 540 g/mol. The fraction of sp³-hybridized carbons (Fsp3) is 0.182. The predicted molar refractivity (Wildman–Crippen MR) is 128 cm³/mol. The first kappa shape index (κ1) is 26.9. The van der Waals surface area contributed by atoms with Gasteiger partial charge in [0.1, 0.15) is 17.3 Å². The van der Waals surface area contributed by atoms with E-state index in [1.807, 2.05) is 0 Å². The standard InChI is InChI=1S/C22H19F3N4O5S2/c1-35-12-33-21(30)16(26)11-18(27-17-9-4-3-8-15(17)22(23,24)25)20-29-28-19(34-20)13-6-5-7-14(10-13)36(2,31)32/h3-11,26-27H,12H2,1-2H3/b18-11-,26-16?. The molecule has 0 aliphatic rings. The van der Waals surface area contributed by atoms with Crippen LogP contribution in [0.25, 0.3) is 17.2 Å². The van der Waals surface area contributed by atoms with Gasteiger partial charge in [0.25, 0.3) is 5.89 Å². The SMILES string of the molecule is CSCOC(=O)C(=N)/C=C(\Nc1ccccc1C(F)(F)F)c1nnc(-c2cccc(S(C)(=O)=O)c2)o1. The van der Waals surface area contributed by atoms with Crippen molar-refractivity contribution in [2.75, 3.05) is 23.8 Å². The molecule has 0 radical (unpaired) electrons. The topological polar surface area (TPSA) is 135 Å². The first-order chi connectivity index (χ1) is 16.9. The molecule has 0 saturated heterocycles. The number of nitrogens with zero attached hydrogens (tertiary/aromatic N) is 2. The third kappa shape index (κ3) is 6.73. The lowest BCUT2D eigenvalue weighted by atomic mass is 10.1. The molecule has 190 valence electrons. The number of nitrogens with one attached hydrogen (secondary N) is 2. The largest absolute Gasteiger partial charge is 0.450 e. The molecule has 1 heterocycles. The summed E-state index contributed by atoms with van der Waals surface area (Å²) in [6, 6.07) is 10.2. The molecule has 0 atom stereocenters. The normalized spacial score (nSPS) is 12.3. The van der Waals surface area contributed by atoms with Crippen molar-refractivity contribution in [3.05, 3.63) is 66.1 Å². The zero-order valence-electron chi connectivity index (χ0n) is 18.8. The number of thioether (sulfide) groups is 1. The lowest BCUT2D eigenvalue weighted by molar-refractivity contribution is -0.137. The summed E-state index contributed by atoms with van der Waals surface area (Å²) in [6.45, 7) is 0. The van der Waals surface area contributed by atoms with Crippen molar-refractivity contribution < 1.29 is 35.5 Å². The first-order valence-electron chi connectivity index (χ1n) is 9.94.